The number of amides is 2. The normalized spacial score (nSPS) is 24.7. The highest BCUT2D eigenvalue weighted by Gasteiger charge is 2.44. The van der Waals surface area contributed by atoms with Crippen LogP contribution in [0.15, 0.2) is 42.7 Å². The second-order valence-corrected chi connectivity index (χ2v) is 8.95. The van der Waals surface area contributed by atoms with Crippen LogP contribution in [0.4, 0.5) is 19.0 Å². The Hall–Kier alpha value is -3.21. The molecule has 8 nitrogen and oxygen atoms in total. The molecule has 0 bridgehead atoms. The summed E-state index contributed by atoms with van der Waals surface area (Å²) in [5.74, 6) is -2.07. The summed E-state index contributed by atoms with van der Waals surface area (Å²) in [5, 5.41) is 12.8. The fraction of sp³-hybridized carbons (Fsp3) is 0.500. The van der Waals surface area contributed by atoms with E-state index in [0.29, 0.717) is 5.82 Å². The van der Waals surface area contributed by atoms with E-state index >= 15 is 0 Å². The molecule has 3 heterocycles. The van der Waals surface area contributed by atoms with Crippen molar-refractivity contribution in [3.05, 3.63) is 48.4 Å². The molecule has 2 aromatic rings. The first-order valence-corrected chi connectivity index (χ1v) is 11.6. The zero-order valence-corrected chi connectivity index (χ0v) is 18.9. The van der Waals surface area contributed by atoms with E-state index in [1.807, 2.05) is 0 Å². The van der Waals surface area contributed by atoms with Crippen LogP contribution in [-0.4, -0.2) is 63.3 Å². The number of β-amino-alcohol motifs (C(OH)–C–C–N with tert-alkyl or cyclic N) is 1. The average Bonchev–Trinajstić information content (AvgIpc) is 3.23. The summed E-state index contributed by atoms with van der Waals surface area (Å²) in [4.78, 5) is 35.4. The van der Waals surface area contributed by atoms with Gasteiger partial charge in [0.2, 0.25) is 5.91 Å². The van der Waals surface area contributed by atoms with Crippen molar-refractivity contribution in [1.29, 1.82) is 0 Å². The molecule has 2 aliphatic rings. The number of ether oxygens (including phenoxy) is 1. The van der Waals surface area contributed by atoms with E-state index in [1.165, 1.54) is 17.3 Å². The fourth-order valence-electron chi connectivity index (χ4n) is 4.70. The Morgan fingerprint density at radius 2 is 1.83 bits per heavy atom. The van der Waals surface area contributed by atoms with E-state index in [0.717, 1.165) is 0 Å². The van der Waals surface area contributed by atoms with Gasteiger partial charge in [-0.1, -0.05) is 6.07 Å². The highest BCUT2D eigenvalue weighted by molar-refractivity contribution is 6.04. The number of nitrogens with one attached hydrogen (secondary N) is 1. The molecule has 0 aromatic carbocycles. The smallest absolute Gasteiger partial charge is 0.391 e. The number of halogens is 3. The number of carbonyl (C=O) groups is 2. The molecule has 0 radical (unpaired) electrons. The lowest BCUT2D eigenvalue weighted by Gasteiger charge is -2.33. The number of pyridine rings is 2. The third-order valence-corrected chi connectivity index (χ3v) is 6.54. The highest BCUT2D eigenvalue weighted by atomic mass is 19.4. The third-order valence-electron chi connectivity index (χ3n) is 6.54. The van der Waals surface area contributed by atoms with Crippen LogP contribution in [0, 0.1) is 11.8 Å². The monoisotopic (exact) mass is 492 g/mol. The summed E-state index contributed by atoms with van der Waals surface area (Å²) >= 11 is 0. The van der Waals surface area contributed by atoms with E-state index in [-0.39, 0.29) is 62.6 Å². The summed E-state index contributed by atoms with van der Waals surface area (Å²) in [6.07, 6.45) is -1.51. The van der Waals surface area contributed by atoms with Crippen molar-refractivity contribution in [3.63, 3.8) is 0 Å². The number of carbonyl (C=O) groups excluding carboxylic acids is 2. The molecule has 2 aromatic heterocycles. The molecule has 0 unspecified atom stereocenters. The van der Waals surface area contributed by atoms with E-state index in [1.54, 1.807) is 30.3 Å². The van der Waals surface area contributed by atoms with Crippen molar-refractivity contribution in [2.75, 3.05) is 18.5 Å². The Balaban J connectivity index is 1.38. The zero-order valence-electron chi connectivity index (χ0n) is 18.9. The van der Waals surface area contributed by atoms with Gasteiger partial charge >= 0.3 is 6.18 Å². The van der Waals surface area contributed by atoms with Gasteiger partial charge in [-0.05, 0) is 56.4 Å². The SMILES string of the molecule is O=C(Nc1ccccn1)c1ncccc1OC[C@H]1C[C@H](O)CN1C(=O)[C@H]1CC[C@H](C(F)(F)F)CC1. The maximum absolute atomic E-state index is 13.1. The lowest BCUT2D eigenvalue weighted by molar-refractivity contribution is -0.185. The van der Waals surface area contributed by atoms with Crippen LogP contribution in [0.1, 0.15) is 42.6 Å². The van der Waals surface area contributed by atoms with Crippen LogP contribution in [0.2, 0.25) is 0 Å². The van der Waals surface area contributed by atoms with Crippen molar-refractivity contribution in [1.82, 2.24) is 14.9 Å². The quantitative estimate of drug-likeness (QED) is 0.640. The Morgan fingerprint density at radius 3 is 2.51 bits per heavy atom. The Morgan fingerprint density at radius 1 is 1.09 bits per heavy atom. The summed E-state index contributed by atoms with van der Waals surface area (Å²) in [7, 11) is 0. The van der Waals surface area contributed by atoms with E-state index < -0.39 is 36.1 Å². The predicted molar refractivity (Wildman–Crippen MR) is 120 cm³/mol. The van der Waals surface area contributed by atoms with Crippen LogP contribution in [0.3, 0.4) is 0 Å². The topological polar surface area (TPSA) is 105 Å². The van der Waals surface area contributed by atoms with Gasteiger partial charge in [0, 0.05) is 24.9 Å². The number of anilines is 1. The number of nitrogens with zero attached hydrogens (tertiary/aromatic N) is 3. The first-order chi connectivity index (χ1) is 16.7. The zero-order chi connectivity index (χ0) is 25.0. The Kier molecular flexibility index (Phi) is 7.54. The van der Waals surface area contributed by atoms with Crippen molar-refractivity contribution in [3.8, 4) is 5.75 Å². The van der Waals surface area contributed by atoms with Gasteiger partial charge < -0.3 is 20.1 Å². The van der Waals surface area contributed by atoms with Crippen LogP contribution in [0.5, 0.6) is 5.75 Å². The van der Waals surface area contributed by atoms with Gasteiger partial charge in [-0.15, -0.1) is 0 Å². The fourth-order valence-corrected chi connectivity index (χ4v) is 4.70. The molecule has 35 heavy (non-hydrogen) atoms. The molecule has 188 valence electrons. The maximum atomic E-state index is 13.1. The lowest BCUT2D eigenvalue weighted by Crippen LogP contribution is -2.44. The van der Waals surface area contributed by atoms with Gasteiger partial charge in [0.15, 0.2) is 11.4 Å². The molecule has 1 aliphatic carbocycles. The molecule has 11 heteroatoms. The van der Waals surface area contributed by atoms with E-state index in [4.69, 9.17) is 4.74 Å². The average molecular weight is 492 g/mol. The Bertz CT molecular complexity index is 1030. The van der Waals surface area contributed by atoms with Gasteiger partial charge in [0.25, 0.3) is 5.91 Å². The van der Waals surface area contributed by atoms with Crippen molar-refractivity contribution in [2.45, 2.75) is 50.4 Å². The third kappa shape index (κ3) is 6.08. The molecule has 1 aliphatic heterocycles. The number of likely N-dealkylation sites (tertiary alicyclic amines) is 1. The Labute approximate surface area is 200 Å². The molecule has 0 spiro atoms. The van der Waals surface area contributed by atoms with Gasteiger partial charge in [-0.25, -0.2) is 9.97 Å². The van der Waals surface area contributed by atoms with Crippen molar-refractivity contribution < 1.29 is 32.6 Å². The van der Waals surface area contributed by atoms with Gasteiger partial charge in [0.1, 0.15) is 12.4 Å². The lowest BCUT2D eigenvalue weighted by atomic mass is 9.81. The van der Waals surface area contributed by atoms with Crippen LogP contribution >= 0.6 is 0 Å². The molecular formula is C24H27F3N4O4. The van der Waals surface area contributed by atoms with Gasteiger partial charge in [0.05, 0.1) is 18.1 Å². The summed E-state index contributed by atoms with van der Waals surface area (Å²) in [5.41, 5.74) is 0.0417. The molecule has 1 saturated heterocycles. The number of alkyl halides is 3. The van der Waals surface area contributed by atoms with Crippen LogP contribution in [-0.2, 0) is 4.79 Å². The molecular weight excluding hydrogens is 465 g/mol. The predicted octanol–water partition coefficient (Wildman–Crippen LogP) is 3.44. The first-order valence-electron chi connectivity index (χ1n) is 11.6. The highest BCUT2D eigenvalue weighted by Crippen LogP contribution is 2.40. The molecule has 2 N–H and O–H groups in total. The second kappa shape index (κ2) is 10.6. The molecule has 2 atom stereocenters. The van der Waals surface area contributed by atoms with Crippen molar-refractivity contribution in [2.24, 2.45) is 11.8 Å². The number of aromatic nitrogens is 2. The van der Waals surface area contributed by atoms with Gasteiger partial charge in [-0.3, -0.25) is 9.59 Å². The van der Waals surface area contributed by atoms with Gasteiger partial charge in [-0.2, -0.15) is 13.2 Å². The minimum atomic E-state index is -4.24. The minimum Gasteiger partial charge on any atom is -0.489 e. The molecule has 2 fully saturated rings. The molecule has 2 amide bonds. The maximum Gasteiger partial charge on any atom is 0.391 e. The number of rotatable bonds is 6. The number of hydrogen-bond donors (Lipinski definition) is 2. The number of aliphatic hydroxyl groups is 1. The minimum absolute atomic E-state index is 0.0102. The number of aliphatic hydroxyl groups excluding tert-OH is 1. The largest absolute Gasteiger partial charge is 0.489 e. The van der Waals surface area contributed by atoms with Crippen LogP contribution < -0.4 is 10.1 Å². The molecule has 4 rings (SSSR count). The van der Waals surface area contributed by atoms with Crippen molar-refractivity contribution >= 4 is 17.6 Å². The summed E-state index contributed by atoms with van der Waals surface area (Å²) in [6, 6.07) is 7.80. The second-order valence-electron chi connectivity index (χ2n) is 8.95. The standard InChI is InChI=1S/C24H27F3N4O4/c25-24(26,27)16-8-6-15(7-9-16)23(34)31-13-18(32)12-17(31)14-35-19-4-3-11-29-21(19)22(33)30-20-5-1-2-10-28-20/h1-5,10-11,15-18,32H,6-9,12-14H2,(H,28,30,33)/t15-,16-,17-,18+/m1/s1. The van der Waals surface area contributed by atoms with E-state index in [9.17, 15) is 27.9 Å². The summed E-state index contributed by atoms with van der Waals surface area (Å²) < 4.78 is 44.8. The number of hydrogen-bond acceptors (Lipinski definition) is 6. The van der Waals surface area contributed by atoms with Crippen LogP contribution in [0.25, 0.3) is 0 Å². The first kappa shape index (κ1) is 24.9. The van der Waals surface area contributed by atoms with E-state index in [2.05, 4.69) is 15.3 Å². The summed E-state index contributed by atoms with van der Waals surface area (Å²) in [6.45, 7) is 0.113. The molecule has 1 saturated carbocycles.